The summed E-state index contributed by atoms with van der Waals surface area (Å²) in [5.74, 6) is -0.688. The van der Waals surface area contributed by atoms with Gasteiger partial charge in [-0.25, -0.2) is 4.79 Å². The number of nitrogens with zero attached hydrogens (tertiary/aromatic N) is 1. The van der Waals surface area contributed by atoms with E-state index in [-0.39, 0.29) is 28.9 Å². The average molecular weight is 416 g/mol. The molecule has 2 atom stereocenters. The third-order valence-corrected chi connectivity index (χ3v) is 4.76. The van der Waals surface area contributed by atoms with Gasteiger partial charge < -0.3 is 19.7 Å². The molecule has 28 heavy (non-hydrogen) atoms. The Labute approximate surface area is 167 Å². The van der Waals surface area contributed by atoms with E-state index in [0.29, 0.717) is 12.3 Å². The molecule has 0 bridgehead atoms. The standard InChI is InChI=1S/C19H23F3N2O3S/c1-5-27-17(25)15-12(3)24(11(2)10-26-4)18(28)23-16(15)13-8-6-7-9-14(13)19(20,21)22/h6-9,11,16H,5,10H2,1-4H3,(H,23,28)/t11-,16-/m1/s1. The van der Waals surface area contributed by atoms with Gasteiger partial charge in [-0.2, -0.15) is 13.2 Å². The molecule has 154 valence electrons. The maximum Gasteiger partial charge on any atom is 0.416 e. The van der Waals surface area contributed by atoms with Crippen molar-refractivity contribution in [3.8, 4) is 0 Å². The third kappa shape index (κ3) is 4.47. The quantitative estimate of drug-likeness (QED) is 0.562. The number of rotatable bonds is 6. The third-order valence-electron chi connectivity index (χ3n) is 4.45. The highest BCUT2D eigenvalue weighted by atomic mass is 32.1. The first-order chi connectivity index (χ1) is 13.1. The molecule has 9 heteroatoms. The summed E-state index contributed by atoms with van der Waals surface area (Å²) in [6.45, 7) is 5.54. The van der Waals surface area contributed by atoms with E-state index < -0.39 is 23.8 Å². The molecule has 1 aromatic rings. The van der Waals surface area contributed by atoms with Crippen LogP contribution in [0.2, 0.25) is 0 Å². The summed E-state index contributed by atoms with van der Waals surface area (Å²) in [7, 11) is 1.53. The predicted molar refractivity (Wildman–Crippen MR) is 102 cm³/mol. The zero-order valence-corrected chi connectivity index (χ0v) is 16.9. The van der Waals surface area contributed by atoms with Crippen LogP contribution in [0.1, 0.15) is 37.9 Å². The smallest absolute Gasteiger partial charge is 0.416 e. The number of ether oxygens (including phenoxy) is 2. The van der Waals surface area contributed by atoms with Crippen molar-refractivity contribution in [3.05, 3.63) is 46.7 Å². The molecule has 2 rings (SSSR count). The van der Waals surface area contributed by atoms with Crippen LogP contribution in [-0.2, 0) is 20.4 Å². The molecule has 1 aliphatic rings. The Kier molecular flexibility index (Phi) is 7.06. The van der Waals surface area contributed by atoms with Crippen LogP contribution in [0, 0.1) is 0 Å². The van der Waals surface area contributed by atoms with Crippen molar-refractivity contribution in [1.82, 2.24) is 10.2 Å². The van der Waals surface area contributed by atoms with Crippen molar-refractivity contribution in [2.75, 3.05) is 20.3 Å². The molecule has 0 saturated heterocycles. The fourth-order valence-corrected chi connectivity index (χ4v) is 3.75. The van der Waals surface area contributed by atoms with Gasteiger partial charge >= 0.3 is 12.1 Å². The van der Waals surface area contributed by atoms with Crippen LogP contribution in [-0.4, -0.2) is 42.3 Å². The molecule has 0 aromatic heterocycles. The minimum Gasteiger partial charge on any atom is -0.463 e. The maximum absolute atomic E-state index is 13.6. The van der Waals surface area contributed by atoms with Gasteiger partial charge in [0.25, 0.3) is 0 Å². The summed E-state index contributed by atoms with van der Waals surface area (Å²) in [6, 6.07) is 3.82. The van der Waals surface area contributed by atoms with Crippen molar-refractivity contribution >= 4 is 23.3 Å². The fraction of sp³-hybridized carbons (Fsp3) is 0.474. The Bertz CT molecular complexity index is 780. The summed E-state index contributed by atoms with van der Waals surface area (Å²) in [6.07, 6.45) is -4.58. The van der Waals surface area contributed by atoms with Gasteiger partial charge in [-0.05, 0) is 44.6 Å². The van der Waals surface area contributed by atoms with Gasteiger partial charge in [0.1, 0.15) is 0 Å². The number of hydrogen-bond donors (Lipinski definition) is 1. The van der Waals surface area contributed by atoms with Crippen molar-refractivity contribution in [3.63, 3.8) is 0 Å². The zero-order valence-electron chi connectivity index (χ0n) is 16.1. The van der Waals surface area contributed by atoms with Gasteiger partial charge in [0.05, 0.1) is 36.4 Å². The lowest BCUT2D eigenvalue weighted by Crippen LogP contribution is -2.52. The van der Waals surface area contributed by atoms with Crippen LogP contribution in [0.5, 0.6) is 0 Å². The molecule has 0 saturated carbocycles. The molecular formula is C19H23F3N2O3S. The van der Waals surface area contributed by atoms with E-state index in [1.54, 1.807) is 18.7 Å². The second-order valence-corrected chi connectivity index (χ2v) is 6.75. The van der Waals surface area contributed by atoms with E-state index in [4.69, 9.17) is 21.7 Å². The first-order valence-corrected chi connectivity index (χ1v) is 9.16. The van der Waals surface area contributed by atoms with E-state index in [0.717, 1.165) is 6.07 Å². The van der Waals surface area contributed by atoms with Crippen molar-refractivity contribution < 1.29 is 27.4 Å². The number of hydrogen-bond acceptors (Lipinski definition) is 4. The van der Waals surface area contributed by atoms with Gasteiger partial charge in [-0.1, -0.05) is 18.2 Å². The lowest BCUT2D eigenvalue weighted by Gasteiger charge is -2.41. The van der Waals surface area contributed by atoms with E-state index in [1.807, 2.05) is 6.92 Å². The van der Waals surface area contributed by atoms with E-state index in [2.05, 4.69) is 5.32 Å². The van der Waals surface area contributed by atoms with Gasteiger partial charge in [-0.15, -0.1) is 0 Å². The Balaban J connectivity index is 2.65. The summed E-state index contributed by atoms with van der Waals surface area (Å²) >= 11 is 5.40. The van der Waals surface area contributed by atoms with Crippen LogP contribution < -0.4 is 5.32 Å². The highest BCUT2D eigenvalue weighted by Crippen LogP contribution is 2.39. The molecule has 1 aliphatic heterocycles. The number of halogens is 3. The first-order valence-electron chi connectivity index (χ1n) is 8.76. The second-order valence-electron chi connectivity index (χ2n) is 6.36. The van der Waals surface area contributed by atoms with Crippen LogP contribution in [0.3, 0.4) is 0 Å². The van der Waals surface area contributed by atoms with Gasteiger partial charge in [0.15, 0.2) is 5.11 Å². The highest BCUT2D eigenvalue weighted by Gasteiger charge is 2.41. The Morgan fingerprint density at radius 2 is 2.00 bits per heavy atom. The number of methoxy groups -OCH3 is 1. The monoisotopic (exact) mass is 416 g/mol. The number of esters is 1. The fourth-order valence-electron chi connectivity index (χ4n) is 3.32. The van der Waals surface area contributed by atoms with Gasteiger partial charge in [0.2, 0.25) is 0 Å². The van der Waals surface area contributed by atoms with E-state index in [9.17, 15) is 18.0 Å². The summed E-state index contributed by atoms with van der Waals surface area (Å²) < 4.78 is 51.0. The molecular weight excluding hydrogens is 393 g/mol. The van der Waals surface area contributed by atoms with Crippen LogP contribution >= 0.6 is 12.2 Å². The number of alkyl halides is 3. The second kappa shape index (κ2) is 8.91. The largest absolute Gasteiger partial charge is 0.463 e. The van der Waals surface area contributed by atoms with E-state index in [1.165, 1.54) is 25.3 Å². The molecule has 0 fully saturated rings. The molecule has 5 nitrogen and oxygen atoms in total. The number of allylic oxidation sites excluding steroid dienone is 1. The lowest BCUT2D eigenvalue weighted by atomic mass is 9.91. The first kappa shape index (κ1) is 22.2. The highest BCUT2D eigenvalue weighted by molar-refractivity contribution is 7.80. The van der Waals surface area contributed by atoms with Crippen molar-refractivity contribution in [2.45, 2.75) is 39.0 Å². The van der Waals surface area contributed by atoms with E-state index >= 15 is 0 Å². The van der Waals surface area contributed by atoms with Crippen molar-refractivity contribution in [2.24, 2.45) is 0 Å². The lowest BCUT2D eigenvalue weighted by molar-refractivity contribution is -0.141. The minimum absolute atomic E-state index is 0.0844. The Morgan fingerprint density at radius 3 is 2.57 bits per heavy atom. The molecule has 0 aliphatic carbocycles. The topological polar surface area (TPSA) is 50.8 Å². The Hall–Kier alpha value is -2.13. The zero-order chi connectivity index (χ0) is 21.1. The number of carbonyl (C=O) groups is 1. The molecule has 1 N–H and O–H groups in total. The maximum atomic E-state index is 13.6. The molecule has 0 unspecified atom stereocenters. The Morgan fingerprint density at radius 1 is 1.36 bits per heavy atom. The molecule has 0 spiro atoms. The van der Waals surface area contributed by atoms with Crippen LogP contribution in [0.15, 0.2) is 35.5 Å². The van der Waals surface area contributed by atoms with Gasteiger partial charge in [0, 0.05) is 12.8 Å². The summed E-state index contributed by atoms with van der Waals surface area (Å²) in [4.78, 5) is 14.3. The summed E-state index contributed by atoms with van der Waals surface area (Å²) in [5.41, 5.74) is -0.383. The number of carbonyl (C=O) groups excluding carboxylic acids is 1. The van der Waals surface area contributed by atoms with Crippen LogP contribution in [0.25, 0.3) is 0 Å². The summed E-state index contributed by atoms with van der Waals surface area (Å²) in [5, 5.41) is 3.12. The molecule has 1 aromatic carbocycles. The average Bonchev–Trinajstić information content (AvgIpc) is 2.60. The van der Waals surface area contributed by atoms with Gasteiger partial charge in [-0.3, -0.25) is 0 Å². The molecule has 0 radical (unpaired) electrons. The number of thiocarbonyl (C=S) groups is 1. The van der Waals surface area contributed by atoms with Crippen LogP contribution in [0.4, 0.5) is 13.2 Å². The SMILES string of the molecule is CCOC(=O)C1=C(C)N([C@H](C)COC)C(=S)N[C@@H]1c1ccccc1C(F)(F)F. The van der Waals surface area contributed by atoms with Crippen molar-refractivity contribution in [1.29, 1.82) is 0 Å². The number of benzene rings is 1. The minimum atomic E-state index is -4.58. The normalized spacial score (nSPS) is 18.8. The molecule has 1 heterocycles. The molecule has 0 amide bonds. The predicted octanol–water partition coefficient (Wildman–Crippen LogP) is 3.81. The number of nitrogens with one attached hydrogen (secondary N) is 1.